The molecule has 1 aliphatic heterocycles. The summed E-state index contributed by atoms with van der Waals surface area (Å²) in [5.74, 6) is 1.99. The molecule has 1 fully saturated rings. The molecule has 0 spiro atoms. The Balaban J connectivity index is 1.35. The second kappa shape index (κ2) is 9.11. The number of benzene rings is 1. The van der Waals surface area contributed by atoms with Gasteiger partial charge in [0.25, 0.3) is 0 Å². The van der Waals surface area contributed by atoms with Crippen molar-refractivity contribution in [3.63, 3.8) is 0 Å². The van der Waals surface area contributed by atoms with E-state index in [1.54, 1.807) is 17.7 Å². The van der Waals surface area contributed by atoms with Crippen molar-refractivity contribution in [1.29, 1.82) is 0 Å². The monoisotopic (exact) mass is 459 g/mol. The highest BCUT2D eigenvalue weighted by Gasteiger charge is 2.31. The lowest BCUT2D eigenvalue weighted by molar-refractivity contribution is -0.116. The molecular weight excluding hydrogens is 434 g/mol. The van der Waals surface area contributed by atoms with Crippen LogP contribution >= 0.6 is 0 Å². The quantitative estimate of drug-likeness (QED) is 0.544. The van der Waals surface area contributed by atoms with Crippen LogP contribution in [0.1, 0.15) is 37.4 Å². The fourth-order valence-corrected chi connectivity index (χ4v) is 5.31. The van der Waals surface area contributed by atoms with E-state index in [-0.39, 0.29) is 36.3 Å². The molecule has 0 saturated carbocycles. The molecule has 1 unspecified atom stereocenters. The van der Waals surface area contributed by atoms with Gasteiger partial charge in [0.2, 0.25) is 17.6 Å². The molecule has 1 N–H and O–H groups in total. The average Bonchev–Trinajstić information content (AvgIpc) is 3.46. The number of anilines is 1. The van der Waals surface area contributed by atoms with Gasteiger partial charge in [0, 0.05) is 24.5 Å². The summed E-state index contributed by atoms with van der Waals surface area (Å²) in [4.78, 5) is 16.8. The van der Waals surface area contributed by atoms with Gasteiger partial charge in [-0.3, -0.25) is 4.79 Å². The Kier molecular flexibility index (Phi) is 6.26. The molecule has 3 heterocycles. The molecular formula is C21H25N5O5S. The number of amides is 1. The number of nitrogens with one attached hydrogen (secondary N) is 1. The Morgan fingerprint density at radius 2 is 2.09 bits per heavy atom. The Labute approximate surface area is 185 Å². The third-order valence-corrected chi connectivity index (χ3v) is 6.89. The van der Waals surface area contributed by atoms with E-state index in [2.05, 4.69) is 20.6 Å². The summed E-state index contributed by atoms with van der Waals surface area (Å²) in [6.45, 7) is 4.31. The van der Waals surface area contributed by atoms with Gasteiger partial charge in [-0.05, 0) is 44.5 Å². The van der Waals surface area contributed by atoms with Crippen molar-refractivity contribution in [2.45, 2.75) is 39.2 Å². The van der Waals surface area contributed by atoms with Crippen LogP contribution in [0.5, 0.6) is 5.75 Å². The zero-order valence-electron chi connectivity index (χ0n) is 17.9. The lowest BCUT2D eigenvalue weighted by atomic mass is 10.2. The smallest absolute Gasteiger partial charge is 0.227 e. The normalized spacial score (nSPS) is 17.4. The molecule has 170 valence electrons. The Hall–Kier alpha value is -3.21. The first-order valence-corrected chi connectivity index (χ1v) is 12.3. The van der Waals surface area contributed by atoms with Gasteiger partial charge in [0.05, 0.1) is 29.8 Å². The summed E-state index contributed by atoms with van der Waals surface area (Å²) in [7, 11) is -3.06. The maximum atomic E-state index is 12.5. The molecule has 0 bridgehead atoms. The maximum Gasteiger partial charge on any atom is 0.227 e. The van der Waals surface area contributed by atoms with E-state index in [1.165, 1.54) is 0 Å². The number of carbonyl (C=O) groups is 1. The van der Waals surface area contributed by atoms with Crippen molar-refractivity contribution >= 4 is 21.6 Å². The number of aryl methyl sites for hydroxylation is 2. The number of ether oxygens (including phenoxy) is 1. The van der Waals surface area contributed by atoms with Crippen LogP contribution in [0, 0.1) is 6.92 Å². The number of rotatable bonds is 8. The predicted octanol–water partition coefficient (Wildman–Crippen LogP) is 2.57. The molecule has 4 rings (SSSR count). The van der Waals surface area contributed by atoms with Crippen LogP contribution in [0.25, 0.3) is 11.4 Å². The first-order chi connectivity index (χ1) is 15.3. The van der Waals surface area contributed by atoms with Gasteiger partial charge < -0.3 is 14.6 Å². The number of nitrogens with zero attached hydrogens (tertiary/aromatic N) is 4. The highest BCUT2D eigenvalue weighted by atomic mass is 32.2. The first kappa shape index (κ1) is 22.0. The second-order valence-electron chi connectivity index (χ2n) is 7.69. The van der Waals surface area contributed by atoms with Gasteiger partial charge in [-0.15, -0.1) is 0 Å². The van der Waals surface area contributed by atoms with E-state index in [9.17, 15) is 13.2 Å². The number of hydrogen-bond donors (Lipinski definition) is 1. The largest absolute Gasteiger partial charge is 0.494 e. The van der Waals surface area contributed by atoms with Gasteiger partial charge in [-0.1, -0.05) is 5.16 Å². The zero-order chi connectivity index (χ0) is 22.7. The molecule has 1 saturated heterocycles. The van der Waals surface area contributed by atoms with Crippen molar-refractivity contribution in [2.75, 3.05) is 23.4 Å². The minimum atomic E-state index is -3.06. The minimum absolute atomic E-state index is 0.0350. The van der Waals surface area contributed by atoms with Crippen LogP contribution in [-0.4, -0.2) is 52.4 Å². The SMILES string of the molecule is CCOc1ccc(-c2noc(CCC(=O)Nc3cc(C)nn3C3CCS(=O)(=O)C3)n2)cc1. The number of hydrogen-bond acceptors (Lipinski definition) is 8. The summed E-state index contributed by atoms with van der Waals surface area (Å²) in [5.41, 5.74) is 1.50. The molecule has 2 aromatic heterocycles. The maximum absolute atomic E-state index is 12.5. The van der Waals surface area contributed by atoms with Crippen molar-refractivity contribution in [3.8, 4) is 17.1 Å². The van der Waals surface area contributed by atoms with Gasteiger partial charge in [-0.2, -0.15) is 10.1 Å². The molecule has 1 aromatic carbocycles. The molecule has 32 heavy (non-hydrogen) atoms. The van der Waals surface area contributed by atoms with Gasteiger partial charge >= 0.3 is 0 Å². The van der Waals surface area contributed by atoms with Crippen molar-refractivity contribution < 1.29 is 22.5 Å². The van der Waals surface area contributed by atoms with Gasteiger partial charge in [0.15, 0.2) is 9.84 Å². The van der Waals surface area contributed by atoms with Crippen LogP contribution in [-0.2, 0) is 21.1 Å². The lowest BCUT2D eigenvalue weighted by Gasteiger charge is -2.13. The van der Waals surface area contributed by atoms with Crippen molar-refractivity contribution in [3.05, 3.63) is 41.9 Å². The summed E-state index contributed by atoms with van der Waals surface area (Å²) in [6.07, 6.45) is 0.904. The van der Waals surface area contributed by atoms with E-state index in [1.807, 2.05) is 31.2 Å². The van der Waals surface area contributed by atoms with E-state index >= 15 is 0 Å². The van der Waals surface area contributed by atoms with Gasteiger partial charge in [-0.25, -0.2) is 13.1 Å². The third kappa shape index (κ3) is 5.16. The molecule has 1 aliphatic rings. The average molecular weight is 460 g/mol. The predicted molar refractivity (Wildman–Crippen MR) is 117 cm³/mol. The van der Waals surface area contributed by atoms with Crippen LogP contribution in [0.3, 0.4) is 0 Å². The number of aromatic nitrogens is 4. The summed E-state index contributed by atoms with van der Waals surface area (Å²) in [6, 6.07) is 8.83. The highest BCUT2D eigenvalue weighted by Crippen LogP contribution is 2.27. The molecule has 1 amide bonds. The van der Waals surface area contributed by atoms with E-state index in [0.717, 1.165) is 11.3 Å². The summed E-state index contributed by atoms with van der Waals surface area (Å²) >= 11 is 0. The van der Waals surface area contributed by atoms with Gasteiger partial charge in [0.1, 0.15) is 11.6 Å². The minimum Gasteiger partial charge on any atom is -0.494 e. The van der Waals surface area contributed by atoms with Crippen LogP contribution in [0.2, 0.25) is 0 Å². The van der Waals surface area contributed by atoms with E-state index < -0.39 is 9.84 Å². The van der Waals surface area contributed by atoms with E-state index in [4.69, 9.17) is 9.26 Å². The third-order valence-electron chi connectivity index (χ3n) is 5.14. The number of sulfone groups is 1. The molecule has 11 heteroatoms. The standard InChI is InChI=1S/C21H25N5O5S/c1-3-30-17-6-4-15(5-7-17)21-23-20(31-25-21)9-8-19(27)22-18-12-14(2)24-26(18)16-10-11-32(28,29)13-16/h4-7,12,16H,3,8-11,13H2,1-2H3,(H,22,27). The van der Waals surface area contributed by atoms with Crippen LogP contribution in [0.15, 0.2) is 34.9 Å². The highest BCUT2D eigenvalue weighted by molar-refractivity contribution is 7.91. The fraction of sp³-hybridized carbons (Fsp3) is 0.429. The van der Waals surface area contributed by atoms with Crippen molar-refractivity contribution in [1.82, 2.24) is 19.9 Å². The van der Waals surface area contributed by atoms with Crippen LogP contribution < -0.4 is 10.1 Å². The Bertz CT molecular complexity index is 1200. The summed E-state index contributed by atoms with van der Waals surface area (Å²) in [5, 5.41) is 11.2. The topological polar surface area (TPSA) is 129 Å². The summed E-state index contributed by atoms with van der Waals surface area (Å²) < 4.78 is 35.9. The molecule has 10 nitrogen and oxygen atoms in total. The fourth-order valence-electron chi connectivity index (χ4n) is 3.62. The Morgan fingerprint density at radius 1 is 1.31 bits per heavy atom. The van der Waals surface area contributed by atoms with Crippen molar-refractivity contribution in [2.24, 2.45) is 0 Å². The molecule has 3 aromatic rings. The van der Waals surface area contributed by atoms with Crippen LogP contribution in [0.4, 0.5) is 5.82 Å². The second-order valence-corrected chi connectivity index (χ2v) is 9.92. The number of carbonyl (C=O) groups excluding carboxylic acids is 1. The Morgan fingerprint density at radius 3 is 2.78 bits per heavy atom. The van der Waals surface area contributed by atoms with E-state index in [0.29, 0.717) is 36.3 Å². The first-order valence-electron chi connectivity index (χ1n) is 10.4. The molecule has 1 atom stereocenters. The molecule has 0 radical (unpaired) electrons. The zero-order valence-corrected chi connectivity index (χ0v) is 18.8. The molecule has 0 aliphatic carbocycles. The lowest BCUT2D eigenvalue weighted by Crippen LogP contribution is -2.19.